The van der Waals surface area contributed by atoms with Crippen molar-refractivity contribution in [3.63, 3.8) is 0 Å². The van der Waals surface area contributed by atoms with Gasteiger partial charge in [0.25, 0.3) is 5.89 Å². The number of methoxy groups -OCH3 is 1. The van der Waals surface area contributed by atoms with Gasteiger partial charge in [-0.2, -0.15) is 4.98 Å². The molecule has 0 spiro atoms. The lowest BCUT2D eigenvalue weighted by molar-refractivity contribution is 0.414. The van der Waals surface area contributed by atoms with E-state index in [1.165, 1.54) is 0 Å². The van der Waals surface area contributed by atoms with Crippen LogP contribution in [0.5, 0.6) is 5.75 Å². The Morgan fingerprint density at radius 1 is 1.35 bits per heavy atom. The second-order valence-corrected chi connectivity index (χ2v) is 4.07. The molecule has 0 atom stereocenters. The van der Waals surface area contributed by atoms with Crippen LogP contribution in [-0.4, -0.2) is 17.3 Å². The maximum Gasteiger partial charge on any atom is 0.260 e. The molecule has 0 saturated carbocycles. The van der Waals surface area contributed by atoms with Crippen LogP contribution in [0.2, 0.25) is 0 Å². The van der Waals surface area contributed by atoms with Crippen molar-refractivity contribution in [2.75, 3.05) is 12.8 Å². The zero-order chi connectivity index (χ0) is 12.4. The lowest BCUT2D eigenvalue weighted by Crippen LogP contribution is -1.93. The molecule has 17 heavy (non-hydrogen) atoms. The van der Waals surface area contributed by atoms with Gasteiger partial charge in [-0.3, -0.25) is 0 Å². The SMILES string of the molecule is COc1ccc(-c2nc(C(C)C)no2)c(N)c1. The minimum atomic E-state index is 0.229. The molecule has 0 amide bonds. The van der Waals surface area contributed by atoms with Gasteiger partial charge in [0, 0.05) is 17.7 Å². The summed E-state index contributed by atoms with van der Waals surface area (Å²) in [6.07, 6.45) is 0. The fourth-order valence-electron chi connectivity index (χ4n) is 1.44. The van der Waals surface area contributed by atoms with Gasteiger partial charge in [-0.1, -0.05) is 19.0 Å². The first-order valence-corrected chi connectivity index (χ1v) is 5.39. The van der Waals surface area contributed by atoms with E-state index >= 15 is 0 Å². The molecule has 0 saturated heterocycles. The minimum absolute atomic E-state index is 0.229. The highest BCUT2D eigenvalue weighted by Gasteiger charge is 2.14. The third kappa shape index (κ3) is 2.22. The predicted molar refractivity (Wildman–Crippen MR) is 64.8 cm³/mol. The first-order chi connectivity index (χ1) is 8.11. The molecule has 0 fully saturated rings. The number of hydrogen-bond donors (Lipinski definition) is 1. The normalized spacial score (nSPS) is 10.8. The Morgan fingerprint density at radius 3 is 2.65 bits per heavy atom. The largest absolute Gasteiger partial charge is 0.497 e. The first kappa shape index (κ1) is 11.4. The van der Waals surface area contributed by atoms with Gasteiger partial charge in [-0.05, 0) is 12.1 Å². The van der Waals surface area contributed by atoms with Crippen molar-refractivity contribution in [2.24, 2.45) is 0 Å². The van der Waals surface area contributed by atoms with E-state index in [1.54, 1.807) is 13.2 Å². The molecule has 1 heterocycles. The van der Waals surface area contributed by atoms with E-state index in [0.717, 1.165) is 5.56 Å². The highest BCUT2D eigenvalue weighted by atomic mass is 16.5. The molecular formula is C12H15N3O2. The molecule has 2 rings (SSSR count). The van der Waals surface area contributed by atoms with Gasteiger partial charge in [-0.25, -0.2) is 0 Å². The van der Waals surface area contributed by atoms with E-state index in [2.05, 4.69) is 10.1 Å². The van der Waals surface area contributed by atoms with Crippen LogP contribution in [0, 0.1) is 0 Å². The smallest absolute Gasteiger partial charge is 0.260 e. The number of nitrogens with zero attached hydrogens (tertiary/aromatic N) is 2. The number of ether oxygens (including phenoxy) is 1. The first-order valence-electron chi connectivity index (χ1n) is 5.39. The fraction of sp³-hybridized carbons (Fsp3) is 0.333. The molecule has 0 aliphatic carbocycles. The molecule has 0 aliphatic rings. The summed E-state index contributed by atoms with van der Waals surface area (Å²) >= 11 is 0. The predicted octanol–water partition coefficient (Wildman–Crippen LogP) is 2.45. The van der Waals surface area contributed by atoms with E-state index in [4.69, 9.17) is 15.0 Å². The van der Waals surface area contributed by atoms with Crippen molar-refractivity contribution >= 4 is 5.69 Å². The molecule has 1 aromatic heterocycles. The number of hydrogen-bond acceptors (Lipinski definition) is 5. The molecule has 0 aliphatic heterocycles. The summed E-state index contributed by atoms with van der Waals surface area (Å²) in [7, 11) is 1.60. The van der Waals surface area contributed by atoms with Gasteiger partial charge in [0.15, 0.2) is 5.82 Å². The van der Waals surface area contributed by atoms with Crippen LogP contribution in [0.1, 0.15) is 25.6 Å². The van der Waals surface area contributed by atoms with Crippen molar-refractivity contribution in [1.82, 2.24) is 10.1 Å². The van der Waals surface area contributed by atoms with Gasteiger partial charge in [-0.15, -0.1) is 0 Å². The van der Waals surface area contributed by atoms with E-state index in [9.17, 15) is 0 Å². The van der Waals surface area contributed by atoms with Crippen molar-refractivity contribution in [1.29, 1.82) is 0 Å². The Morgan fingerprint density at radius 2 is 2.12 bits per heavy atom. The lowest BCUT2D eigenvalue weighted by Gasteiger charge is -2.03. The number of anilines is 1. The third-order valence-electron chi connectivity index (χ3n) is 2.45. The number of aromatic nitrogens is 2. The molecule has 0 radical (unpaired) electrons. The van der Waals surface area contributed by atoms with Crippen molar-refractivity contribution in [3.8, 4) is 17.2 Å². The Labute approximate surface area is 99.6 Å². The van der Waals surface area contributed by atoms with Gasteiger partial charge in [0.1, 0.15) is 5.75 Å². The van der Waals surface area contributed by atoms with Crippen molar-refractivity contribution in [2.45, 2.75) is 19.8 Å². The lowest BCUT2D eigenvalue weighted by atomic mass is 10.1. The summed E-state index contributed by atoms with van der Waals surface area (Å²) < 4.78 is 10.3. The molecule has 5 heteroatoms. The zero-order valence-electron chi connectivity index (χ0n) is 10.1. The Balaban J connectivity index is 2.38. The van der Waals surface area contributed by atoms with Crippen LogP contribution >= 0.6 is 0 Å². The molecule has 0 bridgehead atoms. The average Bonchev–Trinajstić information content (AvgIpc) is 2.78. The Kier molecular flexibility index (Phi) is 2.99. The van der Waals surface area contributed by atoms with Crippen LogP contribution in [0.4, 0.5) is 5.69 Å². The highest BCUT2D eigenvalue weighted by molar-refractivity contribution is 5.71. The van der Waals surface area contributed by atoms with E-state index in [-0.39, 0.29) is 5.92 Å². The van der Waals surface area contributed by atoms with E-state index in [1.807, 2.05) is 26.0 Å². The van der Waals surface area contributed by atoms with Crippen molar-refractivity contribution < 1.29 is 9.26 Å². The molecule has 90 valence electrons. The van der Waals surface area contributed by atoms with Crippen LogP contribution < -0.4 is 10.5 Å². The number of nitrogens with two attached hydrogens (primary N) is 1. The van der Waals surface area contributed by atoms with Gasteiger partial charge >= 0.3 is 0 Å². The summed E-state index contributed by atoms with van der Waals surface area (Å²) in [6.45, 7) is 4.01. The van der Waals surface area contributed by atoms with E-state index in [0.29, 0.717) is 23.2 Å². The molecule has 1 aromatic carbocycles. The fourth-order valence-corrected chi connectivity index (χ4v) is 1.44. The Hall–Kier alpha value is -2.04. The van der Waals surface area contributed by atoms with Crippen LogP contribution in [0.15, 0.2) is 22.7 Å². The summed E-state index contributed by atoms with van der Waals surface area (Å²) in [5.74, 6) is 2.05. The summed E-state index contributed by atoms with van der Waals surface area (Å²) in [5, 5.41) is 3.90. The molecule has 0 unspecified atom stereocenters. The molecule has 2 N–H and O–H groups in total. The monoisotopic (exact) mass is 233 g/mol. The number of benzene rings is 1. The summed E-state index contributed by atoms with van der Waals surface area (Å²) in [6, 6.07) is 5.35. The number of rotatable bonds is 3. The van der Waals surface area contributed by atoms with Crippen LogP contribution in [0.3, 0.4) is 0 Å². The van der Waals surface area contributed by atoms with Gasteiger partial charge < -0.3 is 15.0 Å². The molecule has 5 nitrogen and oxygen atoms in total. The average molecular weight is 233 g/mol. The third-order valence-corrected chi connectivity index (χ3v) is 2.45. The topological polar surface area (TPSA) is 74.2 Å². The summed E-state index contributed by atoms with van der Waals surface area (Å²) in [5.41, 5.74) is 7.19. The van der Waals surface area contributed by atoms with Crippen LogP contribution in [-0.2, 0) is 0 Å². The van der Waals surface area contributed by atoms with Crippen molar-refractivity contribution in [3.05, 3.63) is 24.0 Å². The quantitative estimate of drug-likeness (QED) is 0.824. The maximum absolute atomic E-state index is 5.91. The van der Waals surface area contributed by atoms with Gasteiger partial charge in [0.2, 0.25) is 0 Å². The van der Waals surface area contributed by atoms with E-state index < -0.39 is 0 Å². The molecule has 2 aromatic rings. The van der Waals surface area contributed by atoms with Gasteiger partial charge in [0.05, 0.1) is 12.7 Å². The van der Waals surface area contributed by atoms with Crippen LogP contribution in [0.25, 0.3) is 11.5 Å². The second kappa shape index (κ2) is 4.45. The zero-order valence-corrected chi connectivity index (χ0v) is 10.1. The standard InChI is InChI=1S/C12H15N3O2/c1-7(2)11-14-12(17-15-11)9-5-4-8(16-3)6-10(9)13/h4-7H,13H2,1-3H3. The number of nitrogen functional groups attached to an aromatic ring is 1. The second-order valence-electron chi connectivity index (χ2n) is 4.07. The minimum Gasteiger partial charge on any atom is -0.497 e. The maximum atomic E-state index is 5.91. The molecular weight excluding hydrogens is 218 g/mol. The summed E-state index contributed by atoms with van der Waals surface area (Å²) in [4.78, 5) is 4.30. The highest BCUT2D eigenvalue weighted by Crippen LogP contribution is 2.28. The Bertz CT molecular complexity index is 520.